The number of rotatable bonds is 28. The van der Waals surface area contributed by atoms with E-state index in [4.69, 9.17) is 0 Å². The fourth-order valence-electron chi connectivity index (χ4n) is 5.16. The summed E-state index contributed by atoms with van der Waals surface area (Å²) in [6.07, 6.45) is 29.9. The number of ketones is 2. The van der Waals surface area contributed by atoms with Crippen molar-refractivity contribution in [1.29, 1.82) is 0 Å². The highest BCUT2D eigenvalue weighted by molar-refractivity contribution is 6.05. The van der Waals surface area contributed by atoms with Crippen LogP contribution in [0.3, 0.4) is 0 Å². The van der Waals surface area contributed by atoms with Crippen molar-refractivity contribution in [2.75, 3.05) is 0 Å². The van der Waals surface area contributed by atoms with Crippen LogP contribution in [0.2, 0.25) is 0 Å². The zero-order valence-corrected chi connectivity index (χ0v) is 24.9. The minimum absolute atomic E-state index is 0.0768. The number of hydrogen-bond acceptors (Lipinski definition) is 5. The van der Waals surface area contributed by atoms with Crippen LogP contribution in [0.4, 0.5) is 0 Å². The maximum Gasteiger partial charge on any atom is 0.294 e. The SMILES string of the molecule is CCCCCCCCCCCCCCC(=O)c1no[n+]([O-])c1C(=O)CCCCCCCCCCCCCC. The summed E-state index contributed by atoms with van der Waals surface area (Å²) in [6, 6.07) is 0. The fraction of sp³-hybridized carbons (Fsp3) is 0.875. The van der Waals surface area contributed by atoms with E-state index >= 15 is 0 Å². The molecule has 0 saturated heterocycles. The van der Waals surface area contributed by atoms with E-state index in [-0.39, 0.29) is 34.3 Å². The molecule has 0 aliphatic rings. The van der Waals surface area contributed by atoms with E-state index in [0.29, 0.717) is 6.42 Å². The second-order valence-electron chi connectivity index (χ2n) is 11.3. The summed E-state index contributed by atoms with van der Waals surface area (Å²) in [4.78, 5) is 25.4. The summed E-state index contributed by atoms with van der Waals surface area (Å²) in [6.45, 7) is 4.50. The van der Waals surface area contributed by atoms with Crippen LogP contribution in [0.5, 0.6) is 0 Å². The van der Waals surface area contributed by atoms with E-state index in [1.165, 1.54) is 116 Å². The Morgan fingerprint density at radius 3 is 1.24 bits per heavy atom. The van der Waals surface area contributed by atoms with Crippen LogP contribution >= 0.6 is 0 Å². The largest absolute Gasteiger partial charge is 0.359 e. The highest BCUT2D eigenvalue weighted by atomic mass is 16.8. The van der Waals surface area contributed by atoms with Gasteiger partial charge in [0.05, 0.1) is 5.16 Å². The Labute approximate surface area is 233 Å². The van der Waals surface area contributed by atoms with Crippen LogP contribution in [0.1, 0.15) is 202 Å². The Bertz CT molecular complexity index is 716. The molecule has 1 heterocycles. The summed E-state index contributed by atoms with van der Waals surface area (Å²) in [5.41, 5.74) is -0.274. The van der Waals surface area contributed by atoms with Gasteiger partial charge in [0, 0.05) is 12.8 Å². The van der Waals surface area contributed by atoms with E-state index in [1.54, 1.807) is 0 Å². The van der Waals surface area contributed by atoms with Gasteiger partial charge in [-0.2, -0.15) is 0 Å². The van der Waals surface area contributed by atoms with Crippen LogP contribution in [-0.2, 0) is 0 Å². The van der Waals surface area contributed by atoms with Gasteiger partial charge in [-0.1, -0.05) is 155 Å². The Kier molecular flexibility index (Phi) is 22.0. The maximum absolute atomic E-state index is 12.6. The lowest BCUT2D eigenvalue weighted by molar-refractivity contribution is -0.803. The fourth-order valence-corrected chi connectivity index (χ4v) is 5.16. The number of nitrogens with zero attached hydrogens (tertiary/aromatic N) is 2. The minimum Gasteiger partial charge on any atom is -0.359 e. The van der Waals surface area contributed by atoms with Gasteiger partial charge in [-0.15, -0.1) is 0 Å². The van der Waals surface area contributed by atoms with E-state index in [0.717, 1.165) is 38.5 Å². The van der Waals surface area contributed by atoms with Crippen molar-refractivity contribution in [2.45, 2.75) is 181 Å². The smallest absolute Gasteiger partial charge is 0.294 e. The molecule has 220 valence electrons. The molecule has 0 aliphatic carbocycles. The molecule has 0 atom stereocenters. The average Bonchev–Trinajstić information content (AvgIpc) is 3.31. The molecule has 1 rings (SSSR count). The lowest BCUT2D eigenvalue weighted by Crippen LogP contribution is -2.32. The number of aromatic nitrogens is 2. The van der Waals surface area contributed by atoms with E-state index < -0.39 is 0 Å². The lowest BCUT2D eigenvalue weighted by atomic mass is 10.0. The van der Waals surface area contributed by atoms with Crippen molar-refractivity contribution in [3.8, 4) is 0 Å². The standard InChI is InChI=1S/C32H58N2O4/c1-3-5-7-9-11-13-15-17-19-21-23-25-27-29(35)31-32(34(37)38-33-31)30(36)28-26-24-22-20-18-16-14-12-10-8-6-4-2/h3-28H2,1-2H3. The van der Waals surface area contributed by atoms with Crippen LogP contribution in [0.25, 0.3) is 0 Å². The number of carbonyl (C=O) groups is 2. The van der Waals surface area contributed by atoms with Crippen molar-refractivity contribution in [2.24, 2.45) is 0 Å². The van der Waals surface area contributed by atoms with Gasteiger partial charge >= 0.3 is 0 Å². The summed E-state index contributed by atoms with van der Waals surface area (Å²) < 4.78 is 4.63. The van der Waals surface area contributed by atoms with Crippen molar-refractivity contribution in [1.82, 2.24) is 5.16 Å². The summed E-state index contributed by atoms with van der Waals surface area (Å²) >= 11 is 0. The molecule has 0 aliphatic heterocycles. The second-order valence-corrected chi connectivity index (χ2v) is 11.3. The number of carbonyl (C=O) groups excluding carboxylic acids is 2. The highest BCUT2D eigenvalue weighted by Gasteiger charge is 2.30. The first kappa shape index (κ1) is 34.3. The molecule has 38 heavy (non-hydrogen) atoms. The number of unbranched alkanes of at least 4 members (excludes halogenated alkanes) is 22. The molecule has 0 spiro atoms. The van der Waals surface area contributed by atoms with Gasteiger partial charge in [0.1, 0.15) is 0 Å². The third-order valence-corrected chi connectivity index (χ3v) is 7.66. The number of Topliss-reactive ketones (excluding diaryl/α,β-unsaturated/α-hetero) is 2. The maximum atomic E-state index is 12.6. The monoisotopic (exact) mass is 534 g/mol. The molecular formula is C32H58N2O4. The Morgan fingerprint density at radius 2 is 0.868 bits per heavy atom. The molecule has 0 radical (unpaired) electrons. The first-order valence-corrected chi connectivity index (χ1v) is 16.3. The molecule has 0 bridgehead atoms. The van der Waals surface area contributed by atoms with Gasteiger partial charge < -0.3 is 5.21 Å². The molecular weight excluding hydrogens is 476 g/mol. The van der Waals surface area contributed by atoms with E-state index in [2.05, 4.69) is 23.6 Å². The quantitative estimate of drug-likeness (QED) is 0.0606. The average molecular weight is 535 g/mol. The van der Waals surface area contributed by atoms with Gasteiger partial charge in [0.15, 0.2) is 0 Å². The van der Waals surface area contributed by atoms with Gasteiger partial charge in [-0.25, -0.2) is 0 Å². The van der Waals surface area contributed by atoms with Gasteiger partial charge in [0.2, 0.25) is 11.6 Å². The van der Waals surface area contributed by atoms with E-state index in [1.807, 2.05) is 0 Å². The van der Waals surface area contributed by atoms with E-state index in [9.17, 15) is 14.8 Å². The highest BCUT2D eigenvalue weighted by Crippen LogP contribution is 2.16. The third kappa shape index (κ3) is 17.0. The molecule has 0 fully saturated rings. The molecule has 1 aromatic rings. The molecule has 0 aromatic carbocycles. The molecule has 6 nitrogen and oxygen atoms in total. The summed E-state index contributed by atoms with van der Waals surface area (Å²) in [7, 11) is 0. The van der Waals surface area contributed by atoms with Crippen LogP contribution in [0, 0.1) is 5.21 Å². The number of hydrogen-bond donors (Lipinski definition) is 0. The first-order valence-electron chi connectivity index (χ1n) is 16.3. The zero-order valence-electron chi connectivity index (χ0n) is 24.9. The van der Waals surface area contributed by atoms with Crippen molar-refractivity contribution >= 4 is 11.6 Å². The first-order chi connectivity index (χ1) is 18.6. The van der Waals surface area contributed by atoms with Crippen molar-refractivity contribution in [3.63, 3.8) is 0 Å². The topological polar surface area (TPSA) is 87.1 Å². The second kappa shape index (κ2) is 24.3. The molecule has 0 N–H and O–H groups in total. The molecule has 0 saturated carbocycles. The van der Waals surface area contributed by atoms with Crippen molar-refractivity contribution in [3.05, 3.63) is 16.6 Å². The molecule has 1 aromatic heterocycles. The normalized spacial score (nSPS) is 11.3. The summed E-state index contributed by atoms with van der Waals surface area (Å²) in [5, 5.41) is 15.6. The lowest BCUT2D eigenvalue weighted by Gasteiger charge is -2.03. The Morgan fingerprint density at radius 1 is 0.553 bits per heavy atom. The minimum atomic E-state index is -0.327. The third-order valence-electron chi connectivity index (χ3n) is 7.66. The Balaban J connectivity index is 2.12. The van der Waals surface area contributed by atoms with Crippen molar-refractivity contribution < 1.29 is 19.1 Å². The molecule has 0 unspecified atom stereocenters. The molecule has 6 heteroatoms. The van der Waals surface area contributed by atoms with Gasteiger partial charge in [-0.05, 0) is 17.7 Å². The van der Waals surface area contributed by atoms with Crippen LogP contribution in [0.15, 0.2) is 4.63 Å². The van der Waals surface area contributed by atoms with Crippen LogP contribution in [-0.4, -0.2) is 16.7 Å². The van der Waals surface area contributed by atoms with Crippen LogP contribution < -0.4 is 4.90 Å². The zero-order chi connectivity index (χ0) is 27.7. The predicted octanol–water partition coefficient (Wildman–Crippen LogP) is 9.86. The molecule has 0 amide bonds. The van der Waals surface area contributed by atoms with Gasteiger partial charge in [-0.3, -0.25) is 14.2 Å². The van der Waals surface area contributed by atoms with Gasteiger partial charge in [0.25, 0.3) is 11.4 Å². The Hall–Kier alpha value is -1.72. The summed E-state index contributed by atoms with van der Waals surface area (Å²) in [5.74, 6) is -0.583. The predicted molar refractivity (Wildman–Crippen MR) is 156 cm³/mol.